The summed E-state index contributed by atoms with van der Waals surface area (Å²) in [4.78, 5) is 0. The van der Waals surface area contributed by atoms with Crippen LogP contribution in [0.15, 0.2) is 6.20 Å². The van der Waals surface area contributed by atoms with Gasteiger partial charge >= 0.3 is 0 Å². The predicted molar refractivity (Wildman–Crippen MR) is 84.1 cm³/mol. The summed E-state index contributed by atoms with van der Waals surface area (Å²) in [6, 6.07) is 0.374. The molecule has 1 aliphatic carbocycles. The molecule has 1 fully saturated rings. The lowest BCUT2D eigenvalue weighted by molar-refractivity contribution is -0.0293. The van der Waals surface area contributed by atoms with Crippen LogP contribution < -0.4 is 5.32 Å². The maximum Gasteiger partial charge on any atom is 0.0756 e. The lowest BCUT2D eigenvalue weighted by Crippen LogP contribution is -2.35. The average Bonchev–Trinajstić information content (AvgIpc) is 2.89. The summed E-state index contributed by atoms with van der Waals surface area (Å²) in [6.45, 7) is 9.30. The SMILES string of the molecule is CCCNC(CC1CC(OCC)C1)c1cnnn1CCC. The smallest absolute Gasteiger partial charge is 0.0756 e. The molecule has 0 aromatic carbocycles. The van der Waals surface area contributed by atoms with Gasteiger partial charge in [-0.3, -0.25) is 0 Å². The summed E-state index contributed by atoms with van der Waals surface area (Å²) < 4.78 is 7.73. The molecule has 0 spiro atoms. The minimum absolute atomic E-state index is 0.374. The van der Waals surface area contributed by atoms with Gasteiger partial charge in [0.1, 0.15) is 0 Å². The number of aromatic nitrogens is 3. The Balaban J connectivity index is 1.93. The molecule has 5 nitrogen and oxygen atoms in total. The molecule has 0 saturated heterocycles. The van der Waals surface area contributed by atoms with Crippen LogP contribution in [0, 0.1) is 5.92 Å². The number of hydrogen-bond acceptors (Lipinski definition) is 4. The van der Waals surface area contributed by atoms with Gasteiger partial charge in [0, 0.05) is 13.2 Å². The van der Waals surface area contributed by atoms with Gasteiger partial charge in [-0.1, -0.05) is 19.1 Å². The van der Waals surface area contributed by atoms with E-state index in [9.17, 15) is 0 Å². The first-order valence-electron chi connectivity index (χ1n) is 8.51. The first-order chi connectivity index (χ1) is 10.3. The highest BCUT2D eigenvalue weighted by atomic mass is 16.5. The highest BCUT2D eigenvalue weighted by Gasteiger charge is 2.32. The van der Waals surface area contributed by atoms with Crippen LogP contribution in [0.4, 0.5) is 0 Å². The molecule has 1 aliphatic rings. The minimum atomic E-state index is 0.374. The van der Waals surface area contributed by atoms with Gasteiger partial charge in [0.15, 0.2) is 0 Å². The van der Waals surface area contributed by atoms with E-state index in [4.69, 9.17) is 4.74 Å². The lowest BCUT2D eigenvalue weighted by Gasteiger charge is -2.37. The van der Waals surface area contributed by atoms with E-state index in [-0.39, 0.29) is 0 Å². The number of nitrogens with zero attached hydrogens (tertiary/aromatic N) is 3. The summed E-state index contributed by atoms with van der Waals surface area (Å²) in [7, 11) is 0. The number of nitrogens with one attached hydrogen (secondary N) is 1. The summed E-state index contributed by atoms with van der Waals surface area (Å²) in [5.74, 6) is 0.765. The summed E-state index contributed by atoms with van der Waals surface area (Å²) in [6.07, 6.45) is 8.24. The van der Waals surface area contributed by atoms with Crippen molar-refractivity contribution in [2.24, 2.45) is 5.92 Å². The van der Waals surface area contributed by atoms with E-state index in [1.165, 1.54) is 25.0 Å². The quantitative estimate of drug-likeness (QED) is 0.721. The molecule has 120 valence electrons. The van der Waals surface area contributed by atoms with E-state index in [1.54, 1.807) is 0 Å². The molecule has 0 amide bonds. The second-order valence-electron chi connectivity index (χ2n) is 6.04. The minimum Gasteiger partial charge on any atom is -0.378 e. The van der Waals surface area contributed by atoms with E-state index in [0.717, 1.165) is 38.5 Å². The zero-order valence-corrected chi connectivity index (χ0v) is 13.7. The largest absolute Gasteiger partial charge is 0.378 e. The molecule has 5 heteroatoms. The van der Waals surface area contributed by atoms with Crippen molar-refractivity contribution in [3.63, 3.8) is 0 Å². The molecule has 1 heterocycles. The number of rotatable bonds is 10. The molecule has 0 aliphatic heterocycles. The molecular formula is C16H30N4O. The normalized spacial score (nSPS) is 23.0. The summed E-state index contributed by atoms with van der Waals surface area (Å²) in [5, 5.41) is 12.0. The molecule has 2 rings (SSSR count). The Morgan fingerprint density at radius 3 is 2.81 bits per heavy atom. The molecule has 1 N–H and O–H groups in total. The molecular weight excluding hydrogens is 264 g/mol. The lowest BCUT2D eigenvalue weighted by atomic mass is 9.77. The Morgan fingerprint density at radius 1 is 1.33 bits per heavy atom. The van der Waals surface area contributed by atoms with E-state index >= 15 is 0 Å². The Kier molecular flexibility index (Phi) is 6.64. The molecule has 1 atom stereocenters. The van der Waals surface area contributed by atoms with Gasteiger partial charge in [-0.05, 0) is 51.5 Å². The number of hydrogen-bond donors (Lipinski definition) is 1. The van der Waals surface area contributed by atoms with Gasteiger partial charge < -0.3 is 10.1 Å². The van der Waals surface area contributed by atoms with Crippen molar-refractivity contribution in [1.29, 1.82) is 0 Å². The fourth-order valence-electron chi connectivity index (χ4n) is 3.12. The van der Waals surface area contributed by atoms with E-state index in [0.29, 0.717) is 12.1 Å². The van der Waals surface area contributed by atoms with Crippen LogP contribution in [-0.2, 0) is 11.3 Å². The van der Waals surface area contributed by atoms with Crippen molar-refractivity contribution < 1.29 is 4.74 Å². The summed E-state index contributed by atoms with van der Waals surface area (Å²) >= 11 is 0. The summed E-state index contributed by atoms with van der Waals surface area (Å²) in [5.41, 5.74) is 1.24. The van der Waals surface area contributed by atoms with Crippen LogP contribution >= 0.6 is 0 Å². The van der Waals surface area contributed by atoms with Crippen molar-refractivity contribution in [1.82, 2.24) is 20.3 Å². The molecule has 1 saturated carbocycles. The molecule has 0 bridgehead atoms. The van der Waals surface area contributed by atoms with Crippen molar-refractivity contribution in [2.45, 2.75) is 71.6 Å². The highest BCUT2D eigenvalue weighted by Crippen LogP contribution is 2.36. The fraction of sp³-hybridized carbons (Fsp3) is 0.875. The maximum atomic E-state index is 5.67. The van der Waals surface area contributed by atoms with E-state index in [1.807, 2.05) is 6.20 Å². The van der Waals surface area contributed by atoms with Crippen LogP contribution in [0.1, 0.15) is 64.6 Å². The third-order valence-electron chi connectivity index (χ3n) is 4.24. The van der Waals surface area contributed by atoms with Crippen LogP contribution in [-0.4, -0.2) is 34.2 Å². The third kappa shape index (κ3) is 4.51. The molecule has 21 heavy (non-hydrogen) atoms. The zero-order valence-electron chi connectivity index (χ0n) is 13.7. The molecule has 1 aromatic rings. The van der Waals surface area contributed by atoms with Crippen LogP contribution in [0.5, 0.6) is 0 Å². The number of aryl methyl sites for hydroxylation is 1. The number of ether oxygens (including phenoxy) is 1. The standard InChI is InChI=1S/C16H30N4O/c1-4-7-17-15(11-13-9-14(10-13)21-6-3)16-12-18-19-20(16)8-5-2/h12-15,17H,4-11H2,1-3H3. The Hall–Kier alpha value is -0.940. The predicted octanol–water partition coefficient (Wildman–Crippen LogP) is 2.93. The Bertz CT molecular complexity index is 401. The van der Waals surface area contributed by atoms with Crippen molar-refractivity contribution in [3.8, 4) is 0 Å². The van der Waals surface area contributed by atoms with Crippen molar-refractivity contribution >= 4 is 0 Å². The van der Waals surface area contributed by atoms with Gasteiger partial charge in [-0.25, -0.2) is 4.68 Å². The second kappa shape index (κ2) is 8.49. The fourth-order valence-corrected chi connectivity index (χ4v) is 3.12. The topological polar surface area (TPSA) is 52.0 Å². The molecule has 1 aromatic heterocycles. The van der Waals surface area contributed by atoms with Gasteiger partial charge in [-0.15, -0.1) is 5.10 Å². The van der Waals surface area contributed by atoms with Gasteiger partial charge in [0.25, 0.3) is 0 Å². The average molecular weight is 294 g/mol. The first kappa shape index (κ1) is 16.4. The first-order valence-corrected chi connectivity index (χ1v) is 8.51. The molecule has 0 radical (unpaired) electrons. The maximum absolute atomic E-state index is 5.67. The van der Waals surface area contributed by atoms with E-state index < -0.39 is 0 Å². The van der Waals surface area contributed by atoms with Crippen LogP contribution in [0.2, 0.25) is 0 Å². The van der Waals surface area contributed by atoms with Crippen LogP contribution in [0.25, 0.3) is 0 Å². The van der Waals surface area contributed by atoms with Crippen molar-refractivity contribution in [3.05, 3.63) is 11.9 Å². The Labute approximate surface area is 128 Å². The van der Waals surface area contributed by atoms with Crippen LogP contribution in [0.3, 0.4) is 0 Å². The highest BCUT2D eigenvalue weighted by molar-refractivity contribution is 5.04. The third-order valence-corrected chi connectivity index (χ3v) is 4.24. The monoisotopic (exact) mass is 294 g/mol. The zero-order chi connectivity index (χ0) is 15.1. The van der Waals surface area contributed by atoms with Crippen molar-refractivity contribution in [2.75, 3.05) is 13.2 Å². The van der Waals surface area contributed by atoms with Gasteiger partial charge in [-0.2, -0.15) is 0 Å². The Morgan fingerprint density at radius 2 is 2.14 bits per heavy atom. The van der Waals surface area contributed by atoms with Gasteiger partial charge in [0.05, 0.1) is 24.0 Å². The second-order valence-corrected chi connectivity index (χ2v) is 6.04. The van der Waals surface area contributed by atoms with Gasteiger partial charge in [0.2, 0.25) is 0 Å². The molecule has 1 unspecified atom stereocenters. The van der Waals surface area contributed by atoms with E-state index in [2.05, 4.69) is 41.1 Å².